The number of hydrogen-bond acceptors (Lipinski definition) is 5. The van der Waals surface area contributed by atoms with E-state index in [2.05, 4.69) is 5.10 Å². The maximum Gasteiger partial charge on any atom is 0.211 e. The molecule has 0 radical (unpaired) electrons. The molecule has 4 rings (SSSR count). The molecule has 0 saturated carbocycles. The Morgan fingerprint density at radius 2 is 1.83 bits per heavy atom. The smallest absolute Gasteiger partial charge is 0.211 e. The summed E-state index contributed by atoms with van der Waals surface area (Å²) in [5, 5.41) is 14.1. The summed E-state index contributed by atoms with van der Waals surface area (Å²) in [6.07, 6.45) is 2.47. The van der Waals surface area contributed by atoms with Crippen LogP contribution in [-0.2, 0) is 10.0 Å². The van der Waals surface area contributed by atoms with Crippen molar-refractivity contribution < 1.29 is 22.3 Å². The molecule has 1 N–H and O–H groups in total. The van der Waals surface area contributed by atoms with Gasteiger partial charge in [-0.05, 0) is 24.3 Å². The van der Waals surface area contributed by atoms with E-state index in [0.717, 1.165) is 11.8 Å². The minimum Gasteiger partial charge on any atom is -0.503 e. The molecule has 154 valence electrons. The van der Waals surface area contributed by atoms with E-state index in [1.54, 1.807) is 18.2 Å². The Morgan fingerprint density at radius 1 is 1.14 bits per heavy atom. The summed E-state index contributed by atoms with van der Waals surface area (Å²) >= 11 is 6.41. The van der Waals surface area contributed by atoms with Gasteiger partial charge in [0.15, 0.2) is 17.4 Å². The molecule has 1 aliphatic heterocycles. The summed E-state index contributed by atoms with van der Waals surface area (Å²) in [4.78, 5) is 2.00. The Bertz CT molecular complexity index is 1210. The predicted octanol–water partition coefficient (Wildman–Crippen LogP) is 2.74. The number of sulfonamides is 1. The maximum atomic E-state index is 14.4. The minimum absolute atomic E-state index is 0.0830. The number of phenolic OH excluding ortho intramolecular Hbond substituents is 1. The molecule has 7 nitrogen and oxygen atoms in total. The number of aromatic hydroxyl groups is 1. The molecular weight excluding hydrogens is 426 g/mol. The molecule has 0 spiro atoms. The number of anilines is 1. The zero-order valence-corrected chi connectivity index (χ0v) is 16.9. The van der Waals surface area contributed by atoms with Gasteiger partial charge in [-0.1, -0.05) is 11.6 Å². The summed E-state index contributed by atoms with van der Waals surface area (Å²) in [5.74, 6) is -3.26. The summed E-state index contributed by atoms with van der Waals surface area (Å²) < 4.78 is 53.9. The van der Waals surface area contributed by atoms with E-state index in [1.807, 2.05) is 4.90 Å². The van der Waals surface area contributed by atoms with Crippen molar-refractivity contribution >= 4 is 38.2 Å². The van der Waals surface area contributed by atoms with Gasteiger partial charge in [0.25, 0.3) is 0 Å². The second-order valence-electron chi connectivity index (χ2n) is 6.80. The highest BCUT2D eigenvalue weighted by atomic mass is 35.5. The summed E-state index contributed by atoms with van der Waals surface area (Å²) in [7, 11) is -3.22. The van der Waals surface area contributed by atoms with Crippen molar-refractivity contribution in [3.8, 4) is 11.4 Å². The molecule has 0 unspecified atom stereocenters. The Balaban J connectivity index is 1.66. The van der Waals surface area contributed by atoms with E-state index in [9.17, 15) is 22.3 Å². The average molecular weight is 443 g/mol. The number of phenols is 1. The van der Waals surface area contributed by atoms with Gasteiger partial charge in [0.1, 0.15) is 5.52 Å². The minimum atomic E-state index is -3.22. The van der Waals surface area contributed by atoms with E-state index in [1.165, 1.54) is 21.4 Å². The molecule has 2 aromatic carbocycles. The Morgan fingerprint density at radius 3 is 2.45 bits per heavy atom. The Kier molecular flexibility index (Phi) is 4.88. The van der Waals surface area contributed by atoms with Gasteiger partial charge >= 0.3 is 0 Å². The fourth-order valence-electron chi connectivity index (χ4n) is 3.43. The van der Waals surface area contributed by atoms with Crippen LogP contribution < -0.4 is 4.90 Å². The SMILES string of the molecule is CS(=O)(=O)N1CCN(c2ccc(-n3ncc4cc(F)c(O)c(F)c43)c(Cl)c2)CC1. The molecule has 2 heterocycles. The summed E-state index contributed by atoms with van der Waals surface area (Å²) in [6.45, 7) is 1.76. The van der Waals surface area contributed by atoms with Gasteiger partial charge in [0.2, 0.25) is 10.0 Å². The zero-order valence-electron chi connectivity index (χ0n) is 15.3. The van der Waals surface area contributed by atoms with E-state index in [-0.39, 0.29) is 15.9 Å². The summed E-state index contributed by atoms with van der Waals surface area (Å²) in [5.41, 5.74) is 1.07. The first kappa shape index (κ1) is 19.9. The van der Waals surface area contributed by atoms with Crippen molar-refractivity contribution in [3.63, 3.8) is 0 Å². The van der Waals surface area contributed by atoms with Crippen molar-refractivity contribution in [2.45, 2.75) is 0 Å². The van der Waals surface area contributed by atoms with Crippen LogP contribution in [0.2, 0.25) is 5.02 Å². The topological polar surface area (TPSA) is 78.7 Å². The largest absolute Gasteiger partial charge is 0.503 e. The van der Waals surface area contributed by atoms with E-state index in [0.29, 0.717) is 31.9 Å². The van der Waals surface area contributed by atoms with Gasteiger partial charge < -0.3 is 10.0 Å². The number of rotatable bonds is 3. The normalized spacial score (nSPS) is 15.9. The van der Waals surface area contributed by atoms with E-state index in [4.69, 9.17) is 11.6 Å². The van der Waals surface area contributed by atoms with Crippen molar-refractivity contribution in [1.29, 1.82) is 0 Å². The zero-order chi connectivity index (χ0) is 20.9. The molecule has 1 aromatic heterocycles. The van der Waals surface area contributed by atoms with Crippen molar-refractivity contribution in [3.05, 3.63) is 47.1 Å². The highest BCUT2D eigenvalue weighted by Crippen LogP contribution is 2.33. The molecule has 3 aromatic rings. The summed E-state index contributed by atoms with van der Waals surface area (Å²) in [6, 6.07) is 6.10. The Labute approximate surface area is 170 Å². The third kappa shape index (κ3) is 3.52. The predicted molar refractivity (Wildman–Crippen MR) is 106 cm³/mol. The molecule has 1 fully saturated rings. The second-order valence-corrected chi connectivity index (χ2v) is 9.19. The van der Waals surface area contributed by atoms with Gasteiger partial charge in [-0.25, -0.2) is 21.9 Å². The molecule has 1 aliphatic rings. The van der Waals surface area contributed by atoms with Crippen LogP contribution in [0, 0.1) is 11.6 Å². The third-order valence-electron chi connectivity index (χ3n) is 4.95. The number of aromatic nitrogens is 2. The number of benzene rings is 2. The molecular formula is C18H17ClF2N4O3S. The van der Waals surface area contributed by atoms with Crippen LogP contribution >= 0.6 is 11.6 Å². The van der Waals surface area contributed by atoms with Crippen LogP contribution in [0.25, 0.3) is 16.6 Å². The van der Waals surface area contributed by atoms with Crippen LogP contribution in [0.1, 0.15) is 0 Å². The lowest BCUT2D eigenvalue weighted by Crippen LogP contribution is -2.48. The lowest BCUT2D eigenvalue weighted by Gasteiger charge is -2.34. The molecule has 0 atom stereocenters. The second kappa shape index (κ2) is 7.12. The molecule has 0 aliphatic carbocycles. The van der Waals surface area contributed by atoms with Crippen LogP contribution in [0.15, 0.2) is 30.5 Å². The lowest BCUT2D eigenvalue weighted by atomic mass is 10.2. The monoisotopic (exact) mass is 442 g/mol. The number of halogens is 3. The average Bonchev–Trinajstić information content (AvgIpc) is 3.09. The highest BCUT2D eigenvalue weighted by molar-refractivity contribution is 7.88. The molecule has 0 bridgehead atoms. The van der Waals surface area contributed by atoms with Crippen molar-refractivity contribution in [2.75, 3.05) is 37.3 Å². The number of piperazine rings is 1. The van der Waals surface area contributed by atoms with E-state index >= 15 is 0 Å². The molecule has 29 heavy (non-hydrogen) atoms. The standard InChI is InChI=1S/C18H17ClF2N4O3S/c1-29(27,28)24-6-4-23(5-7-24)12-2-3-15(13(19)9-12)25-17-11(10-22-25)8-14(20)18(26)16(17)21/h2-3,8-10,26H,4-7H2,1H3. The van der Waals surface area contributed by atoms with Crippen molar-refractivity contribution in [1.82, 2.24) is 14.1 Å². The van der Waals surface area contributed by atoms with E-state index < -0.39 is 27.4 Å². The third-order valence-corrected chi connectivity index (χ3v) is 6.56. The fourth-order valence-corrected chi connectivity index (χ4v) is 4.51. The van der Waals surface area contributed by atoms with Gasteiger partial charge in [-0.15, -0.1) is 0 Å². The first-order chi connectivity index (χ1) is 13.7. The van der Waals surface area contributed by atoms with Gasteiger partial charge in [0, 0.05) is 37.3 Å². The quantitative estimate of drug-likeness (QED) is 0.674. The molecule has 0 amide bonds. The van der Waals surface area contributed by atoms with Gasteiger partial charge in [-0.3, -0.25) is 0 Å². The molecule has 1 saturated heterocycles. The fraction of sp³-hybridized carbons (Fsp3) is 0.278. The van der Waals surface area contributed by atoms with Crippen LogP contribution in [0.4, 0.5) is 14.5 Å². The van der Waals surface area contributed by atoms with Crippen LogP contribution in [0.3, 0.4) is 0 Å². The van der Waals surface area contributed by atoms with Gasteiger partial charge in [-0.2, -0.15) is 9.40 Å². The molecule has 11 heteroatoms. The number of fused-ring (bicyclic) bond motifs is 1. The van der Waals surface area contributed by atoms with Crippen LogP contribution in [0.5, 0.6) is 5.75 Å². The first-order valence-corrected chi connectivity index (χ1v) is 10.9. The number of nitrogens with zero attached hydrogens (tertiary/aromatic N) is 4. The maximum absolute atomic E-state index is 14.4. The van der Waals surface area contributed by atoms with Crippen molar-refractivity contribution in [2.24, 2.45) is 0 Å². The lowest BCUT2D eigenvalue weighted by molar-refractivity contribution is 0.388. The Hall–Kier alpha value is -2.43. The number of hydrogen-bond donors (Lipinski definition) is 1. The highest BCUT2D eigenvalue weighted by Gasteiger charge is 2.24. The first-order valence-electron chi connectivity index (χ1n) is 8.71. The van der Waals surface area contributed by atoms with Gasteiger partial charge in [0.05, 0.1) is 23.2 Å². The van der Waals surface area contributed by atoms with Crippen LogP contribution in [-0.4, -0.2) is 60.0 Å².